The number of aliphatic hydroxyl groups is 1. The summed E-state index contributed by atoms with van der Waals surface area (Å²) in [5.41, 5.74) is 0.380. The molecule has 0 aromatic rings. The Labute approximate surface area is 110 Å². The molecule has 0 aliphatic carbocycles. The molecule has 1 atom stereocenters. The Morgan fingerprint density at radius 3 is 2.94 bits per heavy atom. The summed E-state index contributed by atoms with van der Waals surface area (Å²) in [4.78, 5) is 13.9. The summed E-state index contributed by atoms with van der Waals surface area (Å²) in [7, 11) is 0. The molecule has 2 aliphatic heterocycles. The lowest BCUT2D eigenvalue weighted by Gasteiger charge is -2.21. The summed E-state index contributed by atoms with van der Waals surface area (Å²) in [5, 5.41) is 12.7. The number of rotatable bonds is 2. The first-order valence-corrected chi connectivity index (χ1v) is 6.27. The Morgan fingerprint density at radius 1 is 1.59 bits per heavy atom. The molecule has 0 saturated carbocycles. The Balaban J connectivity index is 2.13. The highest BCUT2D eigenvalue weighted by Crippen LogP contribution is 2.28. The van der Waals surface area contributed by atoms with Crippen LogP contribution in [0.4, 0.5) is 0 Å². The molecule has 0 bridgehead atoms. The average molecular weight is 277 g/mol. The fraction of sp³-hybridized carbons (Fsp3) is 0.545. The second-order valence-corrected chi connectivity index (χ2v) is 5.10. The van der Waals surface area contributed by atoms with Crippen LogP contribution in [-0.2, 0) is 4.79 Å². The zero-order valence-electron chi connectivity index (χ0n) is 9.25. The average Bonchev–Trinajstić information content (AvgIpc) is 2.77. The normalized spacial score (nSPS) is 24.8. The van der Waals surface area contributed by atoms with Gasteiger partial charge in [-0.15, -0.1) is 0 Å². The first-order valence-electron chi connectivity index (χ1n) is 5.51. The highest BCUT2D eigenvalue weighted by Gasteiger charge is 2.30. The Bertz CT molecular complexity index is 393. The number of aliphatic hydroxyl groups excluding tert-OH is 1. The number of dihydropyridines is 1. The minimum Gasteiger partial charge on any atom is -0.396 e. The Morgan fingerprint density at radius 2 is 2.35 bits per heavy atom. The number of halogens is 2. The van der Waals surface area contributed by atoms with E-state index < -0.39 is 0 Å². The molecule has 4 nitrogen and oxygen atoms in total. The monoisotopic (exact) mass is 276 g/mol. The van der Waals surface area contributed by atoms with E-state index in [-0.39, 0.29) is 18.4 Å². The smallest absolute Gasteiger partial charge is 0.256 e. The number of likely N-dealkylation sites (tertiary alicyclic amines) is 1. The number of amides is 1. The quantitative estimate of drug-likeness (QED) is 0.792. The van der Waals surface area contributed by atoms with Gasteiger partial charge in [0.2, 0.25) is 0 Å². The van der Waals surface area contributed by atoms with Crippen LogP contribution in [-0.4, -0.2) is 42.2 Å². The van der Waals surface area contributed by atoms with Gasteiger partial charge in [0.1, 0.15) is 0 Å². The van der Waals surface area contributed by atoms with Crippen LogP contribution in [0.25, 0.3) is 0 Å². The molecule has 2 aliphatic rings. The van der Waals surface area contributed by atoms with Crippen LogP contribution < -0.4 is 5.32 Å². The molecular formula is C11H14Cl2N2O2. The Kier molecular flexibility index (Phi) is 3.97. The summed E-state index contributed by atoms with van der Waals surface area (Å²) < 4.78 is 0. The number of hydrogen-bond donors (Lipinski definition) is 2. The number of nitrogens with one attached hydrogen (secondary N) is 1. The van der Waals surface area contributed by atoms with Crippen molar-refractivity contribution < 1.29 is 9.90 Å². The van der Waals surface area contributed by atoms with Crippen molar-refractivity contribution in [3.8, 4) is 0 Å². The van der Waals surface area contributed by atoms with Gasteiger partial charge in [-0.1, -0.05) is 23.2 Å². The number of carbonyl (C=O) groups excluding carboxylic acids is 1. The van der Waals surface area contributed by atoms with Gasteiger partial charge in [0, 0.05) is 31.8 Å². The van der Waals surface area contributed by atoms with Crippen molar-refractivity contribution in [3.05, 3.63) is 21.8 Å². The van der Waals surface area contributed by atoms with Gasteiger partial charge in [-0.3, -0.25) is 4.79 Å². The van der Waals surface area contributed by atoms with Crippen LogP contribution in [0.1, 0.15) is 6.42 Å². The maximum Gasteiger partial charge on any atom is 0.256 e. The van der Waals surface area contributed by atoms with Crippen LogP contribution in [0, 0.1) is 5.92 Å². The summed E-state index contributed by atoms with van der Waals surface area (Å²) in [6, 6.07) is 0. The first-order chi connectivity index (χ1) is 8.13. The third kappa shape index (κ3) is 2.59. The van der Waals surface area contributed by atoms with Crippen LogP contribution >= 0.6 is 23.2 Å². The van der Waals surface area contributed by atoms with E-state index in [0.29, 0.717) is 35.3 Å². The van der Waals surface area contributed by atoms with Crippen molar-refractivity contribution in [1.29, 1.82) is 0 Å². The zero-order chi connectivity index (χ0) is 12.4. The zero-order valence-corrected chi connectivity index (χ0v) is 10.8. The minimum absolute atomic E-state index is 0.113. The summed E-state index contributed by atoms with van der Waals surface area (Å²) in [5.74, 6) is 0.0245. The molecule has 94 valence electrons. The van der Waals surface area contributed by atoms with Gasteiger partial charge in [-0.05, 0) is 6.42 Å². The predicted molar refractivity (Wildman–Crippen MR) is 66.6 cm³/mol. The van der Waals surface area contributed by atoms with E-state index in [0.717, 1.165) is 6.42 Å². The second kappa shape index (κ2) is 5.29. The maximum atomic E-state index is 12.2. The molecule has 1 unspecified atom stereocenters. The van der Waals surface area contributed by atoms with E-state index in [9.17, 15) is 4.79 Å². The first kappa shape index (κ1) is 12.7. The lowest BCUT2D eigenvalue weighted by atomic mass is 10.1. The van der Waals surface area contributed by atoms with E-state index in [4.69, 9.17) is 28.3 Å². The molecule has 2 N–H and O–H groups in total. The highest BCUT2D eigenvalue weighted by molar-refractivity contribution is 6.40. The molecule has 6 heteroatoms. The molecule has 2 heterocycles. The van der Waals surface area contributed by atoms with Crippen LogP contribution in [0.2, 0.25) is 0 Å². The topological polar surface area (TPSA) is 52.6 Å². The van der Waals surface area contributed by atoms with Gasteiger partial charge in [-0.25, -0.2) is 0 Å². The van der Waals surface area contributed by atoms with Crippen LogP contribution in [0.3, 0.4) is 0 Å². The largest absolute Gasteiger partial charge is 0.396 e. The van der Waals surface area contributed by atoms with Crippen molar-refractivity contribution in [2.45, 2.75) is 6.42 Å². The highest BCUT2D eigenvalue weighted by atomic mass is 35.5. The lowest BCUT2D eigenvalue weighted by molar-refractivity contribution is -0.126. The van der Waals surface area contributed by atoms with Gasteiger partial charge in [0.15, 0.2) is 0 Å². The lowest BCUT2D eigenvalue weighted by Crippen LogP contribution is -2.33. The molecule has 0 spiro atoms. The molecular weight excluding hydrogens is 263 g/mol. The van der Waals surface area contributed by atoms with Crippen molar-refractivity contribution in [1.82, 2.24) is 10.2 Å². The predicted octanol–water partition coefficient (Wildman–Crippen LogP) is 1.00. The van der Waals surface area contributed by atoms with Gasteiger partial charge in [-0.2, -0.15) is 0 Å². The second-order valence-electron chi connectivity index (χ2n) is 4.24. The summed E-state index contributed by atoms with van der Waals surface area (Å²) in [6.07, 6.45) is 2.41. The molecule has 0 aromatic heterocycles. The van der Waals surface area contributed by atoms with E-state index in [2.05, 4.69) is 5.32 Å². The van der Waals surface area contributed by atoms with Gasteiger partial charge in [0.25, 0.3) is 5.91 Å². The van der Waals surface area contributed by atoms with Gasteiger partial charge < -0.3 is 15.3 Å². The Hall–Kier alpha value is -0.710. The van der Waals surface area contributed by atoms with Gasteiger partial charge in [0.05, 0.1) is 22.2 Å². The van der Waals surface area contributed by atoms with E-state index in [1.807, 2.05) is 0 Å². The SMILES string of the molecule is O=C(C1=C(Cl)CNC=C1Cl)N1CCC(CO)C1. The molecule has 1 saturated heterocycles. The fourth-order valence-electron chi connectivity index (χ4n) is 2.06. The van der Waals surface area contributed by atoms with E-state index in [1.165, 1.54) is 0 Å². The number of hydrogen-bond acceptors (Lipinski definition) is 3. The van der Waals surface area contributed by atoms with Crippen molar-refractivity contribution in [3.63, 3.8) is 0 Å². The minimum atomic E-state index is -0.145. The molecule has 0 radical (unpaired) electrons. The molecule has 1 fully saturated rings. The third-order valence-corrected chi connectivity index (χ3v) is 3.66. The van der Waals surface area contributed by atoms with Crippen molar-refractivity contribution >= 4 is 29.1 Å². The standard InChI is InChI=1S/C11H14Cl2N2O2/c12-8-3-14-4-9(13)10(8)11(17)15-2-1-7(5-15)6-16/h3,7,14,16H,1-2,4-6H2. The number of carbonyl (C=O) groups is 1. The molecule has 1 amide bonds. The summed E-state index contributed by atoms with van der Waals surface area (Å²) in [6.45, 7) is 1.76. The fourth-order valence-corrected chi connectivity index (χ4v) is 2.64. The van der Waals surface area contributed by atoms with E-state index >= 15 is 0 Å². The van der Waals surface area contributed by atoms with Crippen LogP contribution in [0.15, 0.2) is 21.8 Å². The van der Waals surface area contributed by atoms with Crippen molar-refractivity contribution in [2.75, 3.05) is 26.2 Å². The molecule has 17 heavy (non-hydrogen) atoms. The molecule has 0 aromatic carbocycles. The third-order valence-electron chi connectivity index (χ3n) is 3.04. The van der Waals surface area contributed by atoms with Gasteiger partial charge >= 0.3 is 0 Å². The number of nitrogens with zero attached hydrogens (tertiary/aromatic N) is 1. The van der Waals surface area contributed by atoms with E-state index in [1.54, 1.807) is 11.1 Å². The van der Waals surface area contributed by atoms with Crippen molar-refractivity contribution in [2.24, 2.45) is 5.92 Å². The maximum absolute atomic E-state index is 12.2. The van der Waals surface area contributed by atoms with Crippen LogP contribution in [0.5, 0.6) is 0 Å². The summed E-state index contributed by atoms with van der Waals surface area (Å²) >= 11 is 12.0. The molecule has 2 rings (SSSR count).